The fourth-order valence-corrected chi connectivity index (χ4v) is 3.62. The van der Waals surface area contributed by atoms with E-state index >= 15 is 0 Å². The predicted octanol–water partition coefficient (Wildman–Crippen LogP) is 4.16. The molecule has 1 saturated heterocycles. The molecule has 9 heteroatoms. The highest BCUT2D eigenvalue weighted by molar-refractivity contribution is 6.00. The molecule has 1 atom stereocenters. The van der Waals surface area contributed by atoms with Gasteiger partial charge in [-0.15, -0.1) is 0 Å². The predicted molar refractivity (Wildman–Crippen MR) is 126 cm³/mol. The van der Waals surface area contributed by atoms with Gasteiger partial charge in [-0.3, -0.25) is 14.4 Å². The minimum absolute atomic E-state index is 0.0160. The average molecular weight is 478 g/mol. The Kier molecular flexibility index (Phi) is 7.25. The van der Waals surface area contributed by atoms with Gasteiger partial charge in [0.05, 0.1) is 13.0 Å². The van der Waals surface area contributed by atoms with Crippen molar-refractivity contribution in [1.82, 2.24) is 0 Å². The van der Waals surface area contributed by atoms with E-state index in [0.29, 0.717) is 28.6 Å². The maximum Gasteiger partial charge on any atom is 0.311 e. The van der Waals surface area contributed by atoms with Crippen LogP contribution < -0.4 is 19.7 Å². The van der Waals surface area contributed by atoms with Crippen LogP contribution in [0.5, 0.6) is 17.2 Å². The fourth-order valence-electron chi connectivity index (χ4n) is 3.62. The molecule has 35 heavy (non-hydrogen) atoms. The Morgan fingerprint density at radius 3 is 2.37 bits per heavy atom. The second-order valence-corrected chi connectivity index (χ2v) is 7.81. The van der Waals surface area contributed by atoms with Crippen molar-refractivity contribution in [2.45, 2.75) is 6.42 Å². The first-order valence-electron chi connectivity index (χ1n) is 10.9. The molecule has 0 saturated carbocycles. The maximum absolute atomic E-state index is 12.9. The molecule has 1 aliphatic rings. The average Bonchev–Trinajstić information content (AvgIpc) is 3.26. The van der Waals surface area contributed by atoms with Crippen LogP contribution in [0.1, 0.15) is 6.42 Å². The molecule has 0 radical (unpaired) electrons. The summed E-state index contributed by atoms with van der Waals surface area (Å²) < 4.78 is 29.2. The van der Waals surface area contributed by atoms with Crippen molar-refractivity contribution in [3.8, 4) is 17.2 Å². The van der Waals surface area contributed by atoms with Crippen molar-refractivity contribution in [3.05, 3.63) is 78.6 Å². The van der Waals surface area contributed by atoms with E-state index in [0.717, 1.165) is 0 Å². The van der Waals surface area contributed by atoms with Crippen molar-refractivity contribution >= 4 is 29.2 Å². The summed E-state index contributed by atoms with van der Waals surface area (Å²) >= 11 is 0. The molecule has 0 bridgehead atoms. The zero-order chi connectivity index (χ0) is 24.8. The number of esters is 1. The van der Waals surface area contributed by atoms with Gasteiger partial charge in [0.1, 0.15) is 11.6 Å². The van der Waals surface area contributed by atoms with Crippen molar-refractivity contribution in [2.75, 3.05) is 30.5 Å². The SMILES string of the molecule is COc1ccccc1Oc1ccc(N2C[C@@H](C(=O)OCC(=O)Nc3ccc(F)cc3)CC2=O)cc1. The van der Waals surface area contributed by atoms with E-state index in [1.54, 1.807) is 43.5 Å². The quantitative estimate of drug-likeness (QED) is 0.489. The summed E-state index contributed by atoms with van der Waals surface area (Å²) in [6.07, 6.45) is -0.0160. The molecule has 2 amide bonds. The second-order valence-electron chi connectivity index (χ2n) is 7.81. The van der Waals surface area contributed by atoms with E-state index < -0.39 is 30.2 Å². The van der Waals surface area contributed by atoms with Gasteiger partial charge < -0.3 is 24.4 Å². The molecule has 1 heterocycles. The summed E-state index contributed by atoms with van der Waals surface area (Å²) in [4.78, 5) is 38.4. The van der Waals surface area contributed by atoms with E-state index in [1.165, 1.54) is 29.2 Å². The monoisotopic (exact) mass is 478 g/mol. The first-order valence-corrected chi connectivity index (χ1v) is 10.9. The number of anilines is 2. The first-order chi connectivity index (χ1) is 16.9. The zero-order valence-electron chi connectivity index (χ0n) is 18.9. The zero-order valence-corrected chi connectivity index (χ0v) is 18.9. The number of carbonyl (C=O) groups excluding carboxylic acids is 3. The third-order valence-electron chi connectivity index (χ3n) is 5.38. The molecule has 1 N–H and O–H groups in total. The number of methoxy groups -OCH3 is 1. The van der Waals surface area contributed by atoms with Crippen molar-refractivity contribution in [1.29, 1.82) is 0 Å². The molecule has 4 rings (SSSR count). The Balaban J connectivity index is 1.30. The van der Waals surface area contributed by atoms with Gasteiger partial charge in [0.25, 0.3) is 5.91 Å². The number of benzene rings is 3. The van der Waals surface area contributed by atoms with E-state index in [4.69, 9.17) is 14.2 Å². The van der Waals surface area contributed by atoms with Crippen LogP contribution in [0, 0.1) is 11.7 Å². The number of hydrogen-bond acceptors (Lipinski definition) is 6. The molecule has 0 unspecified atom stereocenters. The Morgan fingerprint density at radius 2 is 1.69 bits per heavy atom. The normalized spacial score (nSPS) is 15.0. The topological polar surface area (TPSA) is 94.2 Å². The second kappa shape index (κ2) is 10.7. The number of amides is 2. The molecule has 0 aromatic heterocycles. The Morgan fingerprint density at radius 1 is 1.00 bits per heavy atom. The molecule has 1 aliphatic heterocycles. The summed E-state index contributed by atoms with van der Waals surface area (Å²) in [6, 6.07) is 19.4. The molecule has 180 valence electrons. The molecule has 8 nitrogen and oxygen atoms in total. The highest BCUT2D eigenvalue weighted by Crippen LogP contribution is 2.33. The summed E-state index contributed by atoms with van der Waals surface area (Å²) in [5.41, 5.74) is 1.000. The number of nitrogens with one attached hydrogen (secondary N) is 1. The van der Waals surface area contributed by atoms with Gasteiger partial charge in [-0.05, 0) is 60.7 Å². The number of rotatable bonds is 8. The van der Waals surface area contributed by atoms with Crippen LogP contribution in [-0.4, -0.2) is 38.0 Å². The molecular formula is C26H23FN2O6. The van der Waals surface area contributed by atoms with Crippen LogP contribution in [0.25, 0.3) is 0 Å². The van der Waals surface area contributed by atoms with Gasteiger partial charge in [0, 0.05) is 24.3 Å². The molecule has 0 spiro atoms. The molecular weight excluding hydrogens is 455 g/mol. The van der Waals surface area contributed by atoms with Crippen LogP contribution in [0.15, 0.2) is 72.8 Å². The smallest absolute Gasteiger partial charge is 0.311 e. The van der Waals surface area contributed by atoms with E-state index in [-0.39, 0.29) is 18.9 Å². The third-order valence-corrected chi connectivity index (χ3v) is 5.38. The number of nitrogens with zero attached hydrogens (tertiary/aromatic N) is 1. The summed E-state index contributed by atoms with van der Waals surface area (Å²) in [5, 5.41) is 2.51. The summed E-state index contributed by atoms with van der Waals surface area (Å²) in [5.74, 6) is -0.809. The minimum Gasteiger partial charge on any atom is -0.493 e. The lowest BCUT2D eigenvalue weighted by atomic mass is 10.1. The largest absolute Gasteiger partial charge is 0.493 e. The van der Waals surface area contributed by atoms with Crippen LogP contribution >= 0.6 is 0 Å². The van der Waals surface area contributed by atoms with E-state index in [2.05, 4.69) is 5.32 Å². The summed E-state index contributed by atoms with van der Waals surface area (Å²) in [7, 11) is 1.56. The van der Waals surface area contributed by atoms with Gasteiger partial charge in [-0.1, -0.05) is 12.1 Å². The number of carbonyl (C=O) groups is 3. The Labute approximate surface area is 201 Å². The maximum atomic E-state index is 12.9. The van der Waals surface area contributed by atoms with Crippen LogP contribution in [-0.2, 0) is 19.1 Å². The third kappa shape index (κ3) is 5.94. The van der Waals surface area contributed by atoms with Gasteiger partial charge in [0.2, 0.25) is 5.91 Å². The van der Waals surface area contributed by atoms with E-state index in [9.17, 15) is 18.8 Å². The number of halogens is 1. The lowest BCUT2D eigenvalue weighted by molar-refractivity contribution is -0.151. The lowest BCUT2D eigenvalue weighted by Gasteiger charge is -2.17. The molecule has 0 aliphatic carbocycles. The summed E-state index contributed by atoms with van der Waals surface area (Å²) in [6.45, 7) is -0.361. The highest BCUT2D eigenvalue weighted by atomic mass is 19.1. The molecule has 3 aromatic rings. The Bertz CT molecular complexity index is 1210. The minimum atomic E-state index is -0.689. The van der Waals surface area contributed by atoms with Gasteiger partial charge in [-0.25, -0.2) is 4.39 Å². The number of ether oxygens (including phenoxy) is 3. The lowest BCUT2D eigenvalue weighted by Crippen LogP contribution is -2.28. The molecule has 3 aromatic carbocycles. The standard InChI is InChI=1S/C26H23FN2O6/c1-33-22-4-2-3-5-23(22)35-21-12-10-20(11-13-21)29-15-17(14-25(29)31)26(32)34-16-24(30)28-19-8-6-18(27)7-9-19/h2-13,17H,14-16H2,1H3,(H,28,30)/t17-/m0/s1. The van der Waals surface area contributed by atoms with Crippen LogP contribution in [0.2, 0.25) is 0 Å². The van der Waals surface area contributed by atoms with Gasteiger partial charge in [0.15, 0.2) is 18.1 Å². The van der Waals surface area contributed by atoms with Crippen molar-refractivity contribution < 1.29 is 33.0 Å². The van der Waals surface area contributed by atoms with E-state index in [1.807, 2.05) is 12.1 Å². The van der Waals surface area contributed by atoms with Gasteiger partial charge in [-0.2, -0.15) is 0 Å². The highest BCUT2D eigenvalue weighted by Gasteiger charge is 2.36. The Hall–Kier alpha value is -4.40. The van der Waals surface area contributed by atoms with Gasteiger partial charge >= 0.3 is 5.97 Å². The van der Waals surface area contributed by atoms with Crippen LogP contribution in [0.4, 0.5) is 15.8 Å². The number of para-hydroxylation sites is 2. The first kappa shape index (κ1) is 23.7. The van der Waals surface area contributed by atoms with Crippen molar-refractivity contribution in [3.63, 3.8) is 0 Å². The fraction of sp³-hybridized carbons (Fsp3) is 0.192. The molecule has 1 fully saturated rings. The van der Waals surface area contributed by atoms with Crippen molar-refractivity contribution in [2.24, 2.45) is 5.92 Å². The number of hydrogen-bond donors (Lipinski definition) is 1. The van der Waals surface area contributed by atoms with Crippen LogP contribution in [0.3, 0.4) is 0 Å².